The summed E-state index contributed by atoms with van der Waals surface area (Å²) >= 11 is 0. The molecule has 11 heteroatoms. The zero-order chi connectivity index (χ0) is 27.2. The lowest BCUT2D eigenvalue weighted by molar-refractivity contribution is -0.143. The van der Waals surface area contributed by atoms with Crippen LogP contribution in [-0.4, -0.2) is 40.6 Å². The summed E-state index contributed by atoms with van der Waals surface area (Å²) in [6.07, 6.45) is -10.4. The fourth-order valence-corrected chi connectivity index (χ4v) is 4.42. The largest absolute Gasteiger partial charge is 0.416 e. The molecule has 2 atom stereocenters. The molecule has 1 aliphatic rings. The van der Waals surface area contributed by atoms with Crippen LogP contribution in [0.4, 0.5) is 35.5 Å². The van der Waals surface area contributed by atoms with E-state index in [2.05, 4.69) is 0 Å². The fraction of sp³-hybridized carbons (Fsp3) is 0.480. The van der Waals surface area contributed by atoms with Crippen LogP contribution in [0.2, 0.25) is 0 Å². The molecule has 0 spiro atoms. The van der Waals surface area contributed by atoms with Crippen molar-refractivity contribution in [1.29, 1.82) is 0 Å². The molecule has 2 amide bonds. The Morgan fingerprint density at radius 3 is 2.00 bits per heavy atom. The second-order valence-electron chi connectivity index (χ2n) is 9.58. The third kappa shape index (κ3) is 5.61. The van der Waals surface area contributed by atoms with Gasteiger partial charge in [-0.1, -0.05) is 6.07 Å². The Morgan fingerprint density at radius 1 is 0.972 bits per heavy atom. The number of halogens is 7. The molecule has 1 aliphatic heterocycles. The van der Waals surface area contributed by atoms with Gasteiger partial charge < -0.3 is 14.9 Å². The number of aryl methyl sites for hydroxylation is 1. The first-order chi connectivity index (χ1) is 16.4. The molecule has 1 N–H and O–H groups in total. The van der Waals surface area contributed by atoms with Gasteiger partial charge in [0, 0.05) is 13.6 Å². The average molecular weight is 520 g/mol. The van der Waals surface area contributed by atoms with Crippen molar-refractivity contribution in [3.63, 3.8) is 0 Å². The van der Waals surface area contributed by atoms with Crippen LogP contribution < -0.4 is 0 Å². The first kappa shape index (κ1) is 27.8. The number of hydrogen-bond donors (Lipinski definition) is 1. The highest BCUT2D eigenvalue weighted by Crippen LogP contribution is 2.41. The molecule has 0 bridgehead atoms. The predicted octanol–water partition coefficient (Wildman–Crippen LogP) is 6.66. The molecule has 2 aromatic rings. The lowest BCUT2D eigenvalue weighted by atomic mass is 9.88. The van der Waals surface area contributed by atoms with Crippen LogP contribution in [0.15, 0.2) is 36.4 Å². The molecule has 0 aliphatic carbocycles. The van der Waals surface area contributed by atoms with Crippen LogP contribution in [0.1, 0.15) is 60.5 Å². The van der Waals surface area contributed by atoms with Crippen LogP contribution in [0.3, 0.4) is 0 Å². The highest BCUT2D eigenvalue weighted by Gasteiger charge is 2.42. The van der Waals surface area contributed by atoms with Crippen molar-refractivity contribution in [2.24, 2.45) is 0 Å². The maximum atomic E-state index is 13.7. The number of benzene rings is 2. The van der Waals surface area contributed by atoms with E-state index in [0.717, 1.165) is 4.90 Å². The number of aliphatic hydroxyl groups excluding tert-OH is 1. The number of hydrogen-bond acceptors (Lipinski definition) is 2. The molecular weight excluding hydrogens is 493 g/mol. The van der Waals surface area contributed by atoms with Gasteiger partial charge in [-0.2, -0.15) is 26.3 Å². The molecule has 1 fully saturated rings. The summed E-state index contributed by atoms with van der Waals surface area (Å²) in [5.41, 5.74) is -3.72. The van der Waals surface area contributed by atoms with Crippen molar-refractivity contribution >= 4 is 6.03 Å². The van der Waals surface area contributed by atoms with Gasteiger partial charge in [0.2, 0.25) is 0 Å². The lowest BCUT2D eigenvalue weighted by Gasteiger charge is -2.45. The third-order valence-corrected chi connectivity index (χ3v) is 6.83. The smallest absolute Gasteiger partial charge is 0.393 e. The molecule has 0 unspecified atom stereocenters. The molecular formula is C25H27F7N2O2. The second kappa shape index (κ2) is 9.57. The first-order valence-corrected chi connectivity index (χ1v) is 11.2. The predicted molar refractivity (Wildman–Crippen MR) is 118 cm³/mol. The lowest BCUT2D eigenvalue weighted by Crippen LogP contribution is -2.53. The van der Waals surface area contributed by atoms with E-state index >= 15 is 0 Å². The molecule has 0 aromatic heterocycles. The van der Waals surface area contributed by atoms with E-state index in [9.17, 15) is 40.6 Å². The minimum atomic E-state index is -5.02. The van der Waals surface area contributed by atoms with Gasteiger partial charge in [0.25, 0.3) is 0 Å². The molecule has 0 radical (unpaired) electrons. The van der Waals surface area contributed by atoms with Gasteiger partial charge in [-0.05, 0) is 80.6 Å². The first-order valence-electron chi connectivity index (χ1n) is 11.2. The fourth-order valence-electron chi connectivity index (χ4n) is 4.42. The van der Waals surface area contributed by atoms with Gasteiger partial charge in [-0.15, -0.1) is 0 Å². The highest BCUT2D eigenvalue weighted by molar-refractivity contribution is 5.76. The summed E-state index contributed by atoms with van der Waals surface area (Å²) in [5.74, 6) is -0.478. The van der Waals surface area contributed by atoms with Gasteiger partial charge in [0.05, 0.1) is 28.8 Å². The number of nitrogens with zero attached hydrogens (tertiary/aromatic N) is 2. The quantitative estimate of drug-likeness (QED) is 0.460. The van der Waals surface area contributed by atoms with E-state index in [0.29, 0.717) is 23.3 Å². The Kier molecular flexibility index (Phi) is 7.38. The van der Waals surface area contributed by atoms with E-state index in [-0.39, 0.29) is 31.0 Å². The van der Waals surface area contributed by atoms with Gasteiger partial charge in [-0.25, -0.2) is 9.18 Å². The topological polar surface area (TPSA) is 43.8 Å². The Bertz CT molecular complexity index is 1100. The Balaban J connectivity index is 2.02. The maximum Gasteiger partial charge on any atom is 0.416 e. The van der Waals surface area contributed by atoms with E-state index in [4.69, 9.17) is 0 Å². The number of rotatable bonds is 3. The number of urea groups is 1. The monoisotopic (exact) mass is 520 g/mol. The number of carbonyl (C=O) groups excluding carboxylic acids is 1. The molecule has 198 valence electrons. The van der Waals surface area contributed by atoms with Crippen LogP contribution in [-0.2, 0) is 17.9 Å². The van der Waals surface area contributed by atoms with Crippen molar-refractivity contribution in [3.8, 4) is 0 Å². The van der Waals surface area contributed by atoms with Crippen molar-refractivity contribution < 1.29 is 40.6 Å². The average Bonchev–Trinajstić information content (AvgIpc) is 2.76. The number of aliphatic hydroxyl groups is 1. The van der Waals surface area contributed by atoms with Gasteiger partial charge in [0.15, 0.2) is 0 Å². The van der Waals surface area contributed by atoms with E-state index in [1.54, 1.807) is 6.92 Å². The van der Waals surface area contributed by atoms with Crippen LogP contribution >= 0.6 is 0 Å². The number of likely N-dealkylation sites (tertiary alicyclic amines) is 1. The minimum Gasteiger partial charge on any atom is -0.393 e. The zero-order valence-corrected chi connectivity index (χ0v) is 20.1. The molecule has 1 saturated heterocycles. The number of piperidine rings is 1. The number of alkyl halides is 6. The summed E-state index contributed by atoms with van der Waals surface area (Å²) in [6.45, 7) is 4.46. The summed E-state index contributed by atoms with van der Waals surface area (Å²) in [4.78, 5) is 16.1. The summed E-state index contributed by atoms with van der Waals surface area (Å²) in [6, 6.07) is 3.97. The van der Waals surface area contributed by atoms with Gasteiger partial charge in [0.1, 0.15) is 5.82 Å². The molecule has 4 nitrogen and oxygen atoms in total. The molecule has 3 rings (SSSR count). The van der Waals surface area contributed by atoms with Crippen molar-refractivity contribution in [3.05, 3.63) is 70.0 Å². The Labute approximate surface area is 204 Å². The van der Waals surface area contributed by atoms with Crippen LogP contribution in [0.25, 0.3) is 0 Å². The standard InChI is InChI=1S/C25H27F7N2O2/c1-14-9-18(26)5-6-20(14)21-13-19(35)7-8-34(21)22(36)33(4)23(2,3)15-10-16(24(27,28)29)12-17(11-15)25(30,31)32/h5-6,9-12,19,21,35H,7-8,13H2,1-4H3/t19-,21+/m0/s1. The SMILES string of the molecule is Cc1cc(F)ccc1[C@H]1C[C@@H](O)CCN1C(=O)N(C)C(C)(C)c1cc(C(F)(F)F)cc(C(F)(F)F)c1. The van der Waals surface area contributed by atoms with Gasteiger partial charge in [-0.3, -0.25) is 0 Å². The van der Waals surface area contributed by atoms with E-state index in [1.807, 2.05) is 0 Å². The molecule has 36 heavy (non-hydrogen) atoms. The normalized spacial score (nSPS) is 19.4. The van der Waals surface area contributed by atoms with Gasteiger partial charge >= 0.3 is 18.4 Å². The van der Waals surface area contributed by atoms with Crippen molar-refractivity contribution in [1.82, 2.24) is 9.80 Å². The number of amides is 2. The summed E-state index contributed by atoms with van der Waals surface area (Å²) in [7, 11) is 1.30. The maximum absolute atomic E-state index is 13.7. The van der Waals surface area contributed by atoms with Crippen molar-refractivity contribution in [2.75, 3.05) is 13.6 Å². The molecule has 0 saturated carbocycles. The highest BCUT2D eigenvalue weighted by atomic mass is 19.4. The minimum absolute atomic E-state index is 0.0424. The summed E-state index contributed by atoms with van der Waals surface area (Å²) in [5, 5.41) is 10.2. The zero-order valence-electron chi connectivity index (χ0n) is 20.1. The third-order valence-electron chi connectivity index (χ3n) is 6.83. The molecule has 1 heterocycles. The van der Waals surface area contributed by atoms with Crippen LogP contribution in [0.5, 0.6) is 0 Å². The van der Waals surface area contributed by atoms with Crippen molar-refractivity contribution in [2.45, 2.75) is 63.7 Å². The summed E-state index contributed by atoms with van der Waals surface area (Å²) < 4.78 is 94.1. The van der Waals surface area contributed by atoms with E-state index < -0.39 is 53.0 Å². The Hall–Kier alpha value is -2.82. The number of carbonyl (C=O) groups is 1. The molecule has 2 aromatic carbocycles. The Morgan fingerprint density at radius 2 is 1.50 bits per heavy atom. The van der Waals surface area contributed by atoms with Crippen LogP contribution in [0, 0.1) is 12.7 Å². The second-order valence-corrected chi connectivity index (χ2v) is 9.58. The van der Waals surface area contributed by atoms with E-state index in [1.165, 1.54) is 44.0 Å².